The maximum Gasteiger partial charge on any atom is 0.181 e. The lowest BCUT2D eigenvalue weighted by atomic mass is 9.89. The Morgan fingerprint density at radius 1 is 1.17 bits per heavy atom. The summed E-state index contributed by atoms with van der Waals surface area (Å²) in [6.45, 7) is 4.03. The maximum atomic E-state index is 12.0. The minimum absolute atomic E-state index is 0.167. The minimum Gasteiger partial charge on any atom is -0.292 e. The van der Waals surface area contributed by atoms with Gasteiger partial charge in [0, 0.05) is 16.8 Å². The molecular formula is C15H14ClNO. The van der Waals surface area contributed by atoms with Crippen molar-refractivity contribution in [1.29, 1.82) is 0 Å². The van der Waals surface area contributed by atoms with Crippen LogP contribution in [0.25, 0.3) is 10.9 Å². The molecule has 0 unspecified atom stereocenters. The lowest BCUT2D eigenvalue weighted by molar-refractivity contribution is 0.0967. The Labute approximate surface area is 111 Å². The van der Waals surface area contributed by atoms with Crippen LogP contribution in [0, 0.1) is 13.8 Å². The zero-order valence-electron chi connectivity index (χ0n) is 10.5. The van der Waals surface area contributed by atoms with Gasteiger partial charge < -0.3 is 0 Å². The summed E-state index contributed by atoms with van der Waals surface area (Å²) in [7, 11) is 0. The van der Waals surface area contributed by atoms with E-state index in [0.29, 0.717) is 17.1 Å². The summed E-state index contributed by atoms with van der Waals surface area (Å²) in [5.74, 6) is 0.167. The van der Waals surface area contributed by atoms with Crippen molar-refractivity contribution in [3.8, 4) is 0 Å². The molecule has 0 atom stereocenters. The predicted molar refractivity (Wildman–Crippen MR) is 73.5 cm³/mol. The molecule has 0 aliphatic heterocycles. The van der Waals surface area contributed by atoms with Crippen LogP contribution >= 0.6 is 11.6 Å². The summed E-state index contributed by atoms with van der Waals surface area (Å²) in [6.07, 6.45) is 2.51. The number of aromatic nitrogens is 1. The summed E-state index contributed by atoms with van der Waals surface area (Å²) in [5.41, 5.74) is 4.80. The number of rotatable bonds is 0. The van der Waals surface area contributed by atoms with Crippen LogP contribution < -0.4 is 0 Å². The van der Waals surface area contributed by atoms with Gasteiger partial charge in [0.25, 0.3) is 0 Å². The second kappa shape index (κ2) is 4.06. The van der Waals surface area contributed by atoms with Gasteiger partial charge in [0.15, 0.2) is 5.78 Å². The van der Waals surface area contributed by atoms with Crippen molar-refractivity contribution in [2.75, 3.05) is 0 Å². The van der Waals surface area contributed by atoms with Crippen molar-refractivity contribution in [2.24, 2.45) is 0 Å². The molecule has 0 radical (unpaired) electrons. The molecule has 0 bridgehead atoms. The van der Waals surface area contributed by atoms with Crippen molar-refractivity contribution in [3.63, 3.8) is 0 Å². The Morgan fingerprint density at radius 3 is 2.72 bits per heavy atom. The van der Waals surface area contributed by atoms with Crippen LogP contribution in [-0.2, 0) is 6.42 Å². The van der Waals surface area contributed by atoms with Gasteiger partial charge in [0.2, 0.25) is 0 Å². The normalized spacial score (nSPS) is 14.9. The fraction of sp³-hybridized carbons (Fsp3) is 0.333. The first-order valence-electron chi connectivity index (χ1n) is 6.21. The highest BCUT2D eigenvalue weighted by Gasteiger charge is 2.22. The van der Waals surface area contributed by atoms with Crippen LogP contribution in [0.1, 0.15) is 40.0 Å². The van der Waals surface area contributed by atoms with Gasteiger partial charge in [-0.05, 0) is 49.4 Å². The largest absolute Gasteiger partial charge is 0.292 e. The molecule has 0 saturated carbocycles. The van der Waals surface area contributed by atoms with Crippen molar-refractivity contribution in [1.82, 2.24) is 4.98 Å². The molecule has 3 heteroatoms. The zero-order valence-corrected chi connectivity index (χ0v) is 11.3. The van der Waals surface area contributed by atoms with Crippen LogP contribution in [0.4, 0.5) is 0 Å². The Kier molecular flexibility index (Phi) is 2.63. The van der Waals surface area contributed by atoms with E-state index in [1.165, 1.54) is 5.56 Å². The number of pyridine rings is 1. The molecule has 18 heavy (non-hydrogen) atoms. The number of fused-ring (bicyclic) bond motifs is 2. The third-order valence-electron chi connectivity index (χ3n) is 3.83. The highest BCUT2D eigenvalue weighted by atomic mass is 35.5. The van der Waals surface area contributed by atoms with Crippen molar-refractivity contribution in [3.05, 3.63) is 39.5 Å². The number of ketones is 1. The van der Waals surface area contributed by atoms with E-state index in [4.69, 9.17) is 11.6 Å². The SMILES string of the molecule is Cc1c2c(nc3c(C)c(Cl)ccc13)C(=O)CCC2. The fourth-order valence-corrected chi connectivity index (χ4v) is 2.87. The fourth-order valence-electron chi connectivity index (χ4n) is 2.72. The molecule has 92 valence electrons. The van der Waals surface area contributed by atoms with E-state index >= 15 is 0 Å². The van der Waals surface area contributed by atoms with Crippen molar-refractivity contribution >= 4 is 28.3 Å². The lowest BCUT2D eigenvalue weighted by Crippen LogP contribution is -2.15. The Bertz CT molecular complexity index is 676. The van der Waals surface area contributed by atoms with E-state index < -0.39 is 0 Å². The van der Waals surface area contributed by atoms with Gasteiger partial charge in [-0.3, -0.25) is 4.79 Å². The number of halogens is 1. The van der Waals surface area contributed by atoms with Crippen LogP contribution in [0.15, 0.2) is 12.1 Å². The number of Topliss-reactive ketones (excluding diaryl/α,β-unsaturated/α-hetero) is 1. The summed E-state index contributed by atoms with van der Waals surface area (Å²) in [6, 6.07) is 3.91. The summed E-state index contributed by atoms with van der Waals surface area (Å²) < 4.78 is 0. The average Bonchev–Trinajstić information content (AvgIpc) is 2.36. The van der Waals surface area contributed by atoms with E-state index in [9.17, 15) is 4.79 Å². The van der Waals surface area contributed by atoms with E-state index in [1.807, 2.05) is 19.1 Å². The number of benzene rings is 1. The molecule has 1 aliphatic rings. The molecule has 2 nitrogen and oxygen atoms in total. The minimum atomic E-state index is 0.167. The van der Waals surface area contributed by atoms with Crippen molar-refractivity contribution in [2.45, 2.75) is 33.1 Å². The number of carbonyl (C=O) groups excluding carboxylic acids is 1. The number of carbonyl (C=O) groups is 1. The first kappa shape index (κ1) is 11.7. The second-order valence-corrected chi connectivity index (χ2v) is 5.32. The monoisotopic (exact) mass is 259 g/mol. The van der Waals surface area contributed by atoms with E-state index in [-0.39, 0.29) is 5.78 Å². The number of hydrogen-bond donors (Lipinski definition) is 0. The molecule has 0 spiro atoms. The highest BCUT2D eigenvalue weighted by molar-refractivity contribution is 6.32. The van der Waals surface area contributed by atoms with Gasteiger partial charge in [-0.15, -0.1) is 0 Å². The molecular weight excluding hydrogens is 246 g/mol. The first-order chi connectivity index (χ1) is 8.59. The Morgan fingerprint density at radius 2 is 1.94 bits per heavy atom. The predicted octanol–water partition coefficient (Wildman–Crippen LogP) is 4.02. The third kappa shape index (κ3) is 1.56. The van der Waals surface area contributed by atoms with Gasteiger partial charge in [-0.1, -0.05) is 17.7 Å². The number of nitrogens with zero attached hydrogens (tertiary/aromatic N) is 1. The Hall–Kier alpha value is -1.41. The van der Waals surface area contributed by atoms with Gasteiger partial charge in [0.05, 0.1) is 5.52 Å². The van der Waals surface area contributed by atoms with Crippen molar-refractivity contribution < 1.29 is 4.79 Å². The maximum absolute atomic E-state index is 12.0. The van der Waals surface area contributed by atoms with E-state index in [1.54, 1.807) is 0 Å². The smallest absolute Gasteiger partial charge is 0.181 e. The zero-order chi connectivity index (χ0) is 12.9. The first-order valence-corrected chi connectivity index (χ1v) is 6.59. The molecule has 3 rings (SSSR count). The third-order valence-corrected chi connectivity index (χ3v) is 4.24. The van der Waals surface area contributed by atoms with Gasteiger partial charge in [-0.2, -0.15) is 0 Å². The van der Waals surface area contributed by atoms with Crippen LogP contribution in [-0.4, -0.2) is 10.8 Å². The molecule has 2 aromatic rings. The lowest BCUT2D eigenvalue weighted by Gasteiger charge is -2.18. The summed E-state index contributed by atoms with van der Waals surface area (Å²) in [5, 5.41) is 1.82. The summed E-state index contributed by atoms with van der Waals surface area (Å²) >= 11 is 6.13. The van der Waals surface area contributed by atoms with Gasteiger partial charge >= 0.3 is 0 Å². The van der Waals surface area contributed by atoms with Gasteiger partial charge in [-0.25, -0.2) is 4.98 Å². The van der Waals surface area contributed by atoms with Crippen LogP contribution in [0.2, 0.25) is 5.02 Å². The van der Waals surface area contributed by atoms with Crippen LogP contribution in [0.5, 0.6) is 0 Å². The Balaban J connectivity index is 2.44. The highest BCUT2D eigenvalue weighted by Crippen LogP contribution is 2.32. The average molecular weight is 260 g/mol. The molecule has 1 heterocycles. The number of aryl methyl sites for hydroxylation is 2. The molecule has 0 fully saturated rings. The quantitative estimate of drug-likeness (QED) is 0.715. The molecule has 1 aliphatic carbocycles. The molecule has 1 aromatic heterocycles. The summed E-state index contributed by atoms with van der Waals surface area (Å²) in [4.78, 5) is 16.6. The van der Waals surface area contributed by atoms with Gasteiger partial charge in [0.1, 0.15) is 5.69 Å². The standard InChI is InChI=1S/C15H14ClNO/c1-8-10-4-3-5-13(18)15(10)17-14-9(2)12(16)7-6-11(8)14/h6-7H,3-5H2,1-2H3. The molecule has 0 N–H and O–H groups in total. The van der Waals surface area contributed by atoms with E-state index in [2.05, 4.69) is 11.9 Å². The molecule has 0 saturated heterocycles. The number of hydrogen-bond acceptors (Lipinski definition) is 2. The topological polar surface area (TPSA) is 30.0 Å². The van der Waals surface area contributed by atoms with Crippen LogP contribution in [0.3, 0.4) is 0 Å². The second-order valence-electron chi connectivity index (χ2n) is 4.91. The molecule has 0 amide bonds. The molecule has 1 aromatic carbocycles. The van der Waals surface area contributed by atoms with E-state index in [0.717, 1.165) is 34.9 Å².